The second kappa shape index (κ2) is 12.5. The zero-order valence-electron chi connectivity index (χ0n) is 16.5. The number of unbranched alkanes of at least 4 members (excludes halogenated alkanes) is 5. The Morgan fingerprint density at radius 1 is 0.923 bits per heavy atom. The molecule has 0 heterocycles. The van der Waals surface area contributed by atoms with Crippen molar-refractivity contribution < 1.29 is 19.4 Å². The van der Waals surface area contributed by atoms with Crippen LogP contribution in [0.3, 0.4) is 0 Å². The Morgan fingerprint density at radius 3 is 2.00 bits per heavy atom. The van der Waals surface area contributed by atoms with Gasteiger partial charge in [-0.15, -0.1) is 0 Å². The van der Waals surface area contributed by atoms with E-state index >= 15 is 0 Å². The number of carboxylic acids is 1. The minimum Gasteiger partial charge on any atom is -0.478 e. The molecule has 4 nitrogen and oxygen atoms in total. The molecule has 0 radical (unpaired) electrons. The predicted octanol–water partition coefficient (Wildman–Crippen LogP) is 6.10. The lowest BCUT2D eigenvalue weighted by molar-refractivity contribution is 0.0262. The van der Waals surface area contributed by atoms with Crippen LogP contribution in [0.25, 0.3) is 0 Å². The molecule has 1 N–H and O–H groups in total. The van der Waals surface area contributed by atoms with Crippen molar-refractivity contribution in [2.45, 2.75) is 84.7 Å². The Kier molecular flexibility index (Phi) is 10.7. The number of benzene rings is 1. The van der Waals surface area contributed by atoms with E-state index in [1.807, 2.05) is 6.92 Å². The lowest BCUT2D eigenvalue weighted by Crippen LogP contribution is -2.19. The van der Waals surface area contributed by atoms with E-state index in [0.717, 1.165) is 31.6 Å². The number of carbonyl (C=O) groups is 2. The molecule has 1 unspecified atom stereocenters. The average Bonchev–Trinajstić information content (AvgIpc) is 2.62. The van der Waals surface area contributed by atoms with Crippen LogP contribution < -0.4 is 0 Å². The van der Waals surface area contributed by atoms with Gasteiger partial charge in [0.15, 0.2) is 0 Å². The van der Waals surface area contributed by atoms with Gasteiger partial charge in [0.25, 0.3) is 0 Å². The van der Waals surface area contributed by atoms with Crippen LogP contribution in [0.15, 0.2) is 24.3 Å². The zero-order valence-corrected chi connectivity index (χ0v) is 16.5. The average molecular weight is 363 g/mol. The number of hydrogen-bond donors (Lipinski definition) is 1. The van der Waals surface area contributed by atoms with Gasteiger partial charge in [-0.05, 0) is 37.3 Å². The highest BCUT2D eigenvalue weighted by molar-refractivity contribution is 6.02. The topological polar surface area (TPSA) is 63.6 Å². The van der Waals surface area contributed by atoms with E-state index in [9.17, 15) is 14.7 Å². The van der Waals surface area contributed by atoms with E-state index in [4.69, 9.17) is 4.74 Å². The first-order valence-corrected chi connectivity index (χ1v) is 9.99. The van der Waals surface area contributed by atoms with Crippen LogP contribution in [0, 0.1) is 5.92 Å². The molecule has 0 aliphatic rings. The molecule has 0 bridgehead atoms. The lowest BCUT2D eigenvalue weighted by Gasteiger charge is -2.17. The molecule has 0 spiro atoms. The molecule has 26 heavy (non-hydrogen) atoms. The molecular formula is C22H34O4. The summed E-state index contributed by atoms with van der Waals surface area (Å²) in [5.41, 5.74) is 0.123. The van der Waals surface area contributed by atoms with Crippen LogP contribution in [0.1, 0.15) is 99.3 Å². The number of aromatic carboxylic acids is 1. The molecule has 0 saturated carbocycles. The van der Waals surface area contributed by atoms with Gasteiger partial charge >= 0.3 is 11.9 Å². The van der Waals surface area contributed by atoms with E-state index in [2.05, 4.69) is 13.8 Å². The standard InChI is InChI=1S/C22H34O4/c1-4-18(14-10-8-6-5-7-9-13-17(2)3)26-22(25)20-16-12-11-15-19(20)21(23)24/h11-12,15-18H,4-10,13-14H2,1-3H3,(H,23,24). The molecule has 0 fully saturated rings. The fourth-order valence-corrected chi connectivity index (χ4v) is 3.04. The van der Waals surface area contributed by atoms with Crippen LogP contribution in [0.5, 0.6) is 0 Å². The van der Waals surface area contributed by atoms with Crippen molar-refractivity contribution in [2.75, 3.05) is 0 Å². The minimum absolute atomic E-state index is 0.00579. The third-order valence-electron chi connectivity index (χ3n) is 4.66. The molecule has 0 saturated heterocycles. The first-order valence-electron chi connectivity index (χ1n) is 9.99. The summed E-state index contributed by atoms with van der Waals surface area (Å²) < 4.78 is 5.55. The molecule has 0 amide bonds. The van der Waals surface area contributed by atoms with Gasteiger partial charge in [0.1, 0.15) is 6.10 Å². The van der Waals surface area contributed by atoms with Crippen molar-refractivity contribution in [2.24, 2.45) is 5.92 Å². The second-order valence-corrected chi connectivity index (χ2v) is 7.38. The summed E-state index contributed by atoms with van der Waals surface area (Å²) in [6.45, 7) is 6.52. The molecule has 1 atom stereocenters. The van der Waals surface area contributed by atoms with Crippen LogP contribution in [0.2, 0.25) is 0 Å². The van der Waals surface area contributed by atoms with Crippen molar-refractivity contribution in [1.29, 1.82) is 0 Å². The molecule has 1 aromatic rings. The van der Waals surface area contributed by atoms with Crippen molar-refractivity contribution in [3.63, 3.8) is 0 Å². The maximum absolute atomic E-state index is 12.3. The number of hydrogen-bond acceptors (Lipinski definition) is 3. The van der Waals surface area contributed by atoms with Crippen molar-refractivity contribution in [1.82, 2.24) is 0 Å². The summed E-state index contributed by atoms with van der Waals surface area (Å²) >= 11 is 0. The monoisotopic (exact) mass is 362 g/mol. The smallest absolute Gasteiger partial charge is 0.339 e. The van der Waals surface area contributed by atoms with Crippen molar-refractivity contribution in [3.05, 3.63) is 35.4 Å². The van der Waals surface area contributed by atoms with Gasteiger partial charge in [-0.1, -0.05) is 71.4 Å². The second-order valence-electron chi connectivity index (χ2n) is 7.38. The summed E-state index contributed by atoms with van der Waals surface area (Å²) in [5.74, 6) is -0.854. The Bertz CT molecular complexity index is 551. The van der Waals surface area contributed by atoms with Crippen LogP contribution in [-0.2, 0) is 4.74 Å². The van der Waals surface area contributed by atoms with Gasteiger partial charge in [0, 0.05) is 0 Å². The Balaban J connectivity index is 2.32. The number of esters is 1. The van der Waals surface area contributed by atoms with Crippen LogP contribution in [-0.4, -0.2) is 23.1 Å². The predicted molar refractivity (Wildman–Crippen MR) is 105 cm³/mol. The van der Waals surface area contributed by atoms with Gasteiger partial charge in [0.05, 0.1) is 11.1 Å². The van der Waals surface area contributed by atoms with Gasteiger partial charge in [-0.2, -0.15) is 0 Å². The van der Waals surface area contributed by atoms with Gasteiger partial charge < -0.3 is 9.84 Å². The molecule has 4 heteroatoms. The summed E-state index contributed by atoms with van der Waals surface area (Å²) in [4.78, 5) is 23.5. The third-order valence-corrected chi connectivity index (χ3v) is 4.66. The first-order chi connectivity index (χ1) is 12.5. The summed E-state index contributed by atoms with van der Waals surface area (Å²) in [7, 11) is 0. The number of carbonyl (C=O) groups excluding carboxylic acids is 1. The highest BCUT2D eigenvalue weighted by Gasteiger charge is 2.20. The summed E-state index contributed by atoms with van der Waals surface area (Å²) in [5, 5.41) is 9.19. The normalized spacial score (nSPS) is 12.2. The highest BCUT2D eigenvalue weighted by atomic mass is 16.5. The molecule has 1 aromatic carbocycles. The molecule has 0 aliphatic heterocycles. The Hall–Kier alpha value is -1.84. The van der Waals surface area contributed by atoms with E-state index in [1.54, 1.807) is 12.1 Å². The van der Waals surface area contributed by atoms with Crippen LogP contribution >= 0.6 is 0 Å². The molecule has 0 aliphatic carbocycles. The maximum atomic E-state index is 12.3. The molecule has 146 valence electrons. The fourth-order valence-electron chi connectivity index (χ4n) is 3.04. The first kappa shape index (κ1) is 22.2. The van der Waals surface area contributed by atoms with E-state index in [-0.39, 0.29) is 17.2 Å². The minimum atomic E-state index is -1.11. The summed E-state index contributed by atoms with van der Waals surface area (Å²) in [6.07, 6.45) is 10.1. The zero-order chi connectivity index (χ0) is 19.4. The molecule has 0 aromatic heterocycles. The van der Waals surface area contributed by atoms with Gasteiger partial charge in [-0.3, -0.25) is 0 Å². The van der Waals surface area contributed by atoms with E-state index < -0.39 is 11.9 Å². The maximum Gasteiger partial charge on any atom is 0.339 e. The summed E-state index contributed by atoms with van der Waals surface area (Å²) in [6, 6.07) is 6.21. The quantitative estimate of drug-likeness (QED) is 0.340. The van der Waals surface area contributed by atoms with Crippen LogP contribution in [0.4, 0.5) is 0 Å². The SMILES string of the molecule is CCC(CCCCCCCCC(C)C)OC(=O)c1ccccc1C(=O)O. The third kappa shape index (κ3) is 8.50. The number of ether oxygens (including phenoxy) is 1. The number of rotatable bonds is 13. The van der Waals surface area contributed by atoms with Crippen molar-refractivity contribution in [3.8, 4) is 0 Å². The van der Waals surface area contributed by atoms with E-state index in [0.29, 0.717) is 0 Å². The Labute approximate surface area is 158 Å². The van der Waals surface area contributed by atoms with Gasteiger partial charge in [-0.25, -0.2) is 9.59 Å². The van der Waals surface area contributed by atoms with Crippen molar-refractivity contribution >= 4 is 11.9 Å². The molecular weight excluding hydrogens is 328 g/mol. The highest BCUT2D eigenvalue weighted by Crippen LogP contribution is 2.17. The lowest BCUT2D eigenvalue weighted by atomic mass is 10.0. The largest absolute Gasteiger partial charge is 0.478 e. The Morgan fingerprint density at radius 2 is 1.46 bits per heavy atom. The molecule has 1 rings (SSSR count). The number of carboxylic acid groups (broad SMARTS) is 1. The van der Waals surface area contributed by atoms with Gasteiger partial charge in [0.2, 0.25) is 0 Å². The van der Waals surface area contributed by atoms with E-state index in [1.165, 1.54) is 44.2 Å². The fraction of sp³-hybridized carbons (Fsp3) is 0.636.